The molecule has 0 aromatic heterocycles. The fraction of sp³-hybridized carbons (Fsp3) is 0.548. The molecule has 8 nitrogen and oxygen atoms in total. The van der Waals surface area contributed by atoms with Crippen molar-refractivity contribution in [3.05, 3.63) is 54.1 Å². The Morgan fingerprint density at radius 2 is 1.67 bits per heavy atom. The molecule has 0 saturated heterocycles. The van der Waals surface area contributed by atoms with E-state index >= 15 is 0 Å². The second-order valence-corrected chi connectivity index (χ2v) is 10.1. The first kappa shape index (κ1) is 30.3. The van der Waals surface area contributed by atoms with E-state index in [0.29, 0.717) is 38.5 Å². The van der Waals surface area contributed by atoms with E-state index in [-0.39, 0.29) is 6.03 Å². The van der Waals surface area contributed by atoms with Crippen molar-refractivity contribution in [3.63, 3.8) is 0 Å². The summed E-state index contributed by atoms with van der Waals surface area (Å²) < 4.78 is 16.4. The van der Waals surface area contributed by atoms with Gasteiger partial charge in [-0.1, -0.05) is 57.1 Å². The summed E-state index contributed by atoms with van der Waals surface area (Å²) in [5, 5.41) is 12.3. The monoisotopic (exact) mass is 540 g/mol. The quantitative estimate of drug-likeness (QED) is 0.240. The van der Waals surface area contributed by atoms with E-state index in [2.05, 4.69) is 5.32 Å². The number of nitrogens with one attached hydrogen (secondary N) is 1. The fourth-order valence-corrected chi connectivity index (χ4v) is 5.03. The molecule has 0 radical (unpaired) electrons. The highest BCUT2D eigenvalue weighted by molar-refractivity contribution is 5.89. The standard InChI is InChI=1S/C31H44N2O6/c1-3-38-29(30(34)35)23-25-12-16-28(17-13-25)39-22-21-33(20-8-7-11-24-9-5-4-6-10-24)31(36)32-26-14-18-27(37-2)19-15-26/h12-19,24,29H,3-11,20-23H2,1-2H3,(H,32,36)(H,34,35). The number of hydrogen-bond donors (Lipinski definition) is 2. The highest BCUT2D eigenvalue weighted by Crippen LogP contribution is 2.27. The van der Waals surface area contributed by atoms with Gasteiger partial charge in [0.2, 0.25) is 0 Å². The van der Waals surface area contributed by atoms with Crippen LogP contribution in [0.4, 0.5) is 10.5 Å². The molecule has 0 bridgehead atoms. The maximum Gasteiger partial charge on any atom is 0.333 e. The Bertz CT molecular complexity index is 989. The van der Waals surface area contributed by atoms with Crippen LogP contribution < -0.4 is 14.8 Å². The molecule has 1 aliphatic carbocycles. The van der Waals surface area contributed by atoms with E-state index in [1.165, 1.54) is 38.5 Å². The van der Waals surface area contributed by atoms with Crippen LogP contribution >= 0.6 is 0 Å². The van der Waals surface area contributed by atoms with Crippen LogP contribution in [0.5, 0.6) is 11.5 Å². The molecular formula is C31H44N2O6. The minimum Gasteiger partial charge on any atom is -0.497 e. The van der Waals surface area contributed by atoms with Gasteiger partial charge in [-0.05, 0) is 61.2 Å². The van der Waals surface area contributed by atoms with Gasteiger partial charge in [-0.3, -0.25) is 0 Å². The van der Waals surface area contributed by atoms with Crippen molar-refractivity contribution in [2.24, 2.45) is 5.92 Å². The van der Waals surface area contributed by atoms with Crippen LogP contribution in [0, 0.1) is 5.92 Å². The van der Waals surface area contributed by atoms with Gasteiger partial charge in [0.05, 0.1) is 13.7 Å². The first-order valence-electron chi connectivity index (χ1n) is 14.2. The zero-order valence-corrected chi connectivity index (χ0v) is 23.4. The van der Waals surface area contributed by atoms with E-state index in [4.69, 9.17) is 14.2 Å². The molecule has 2 N–H and O–H groups in total. The molecule has 1 atom stereocenters. The van der Waals surface area contributed by atoms with Crippen LogP contribution in [0.1, 0.15) is 63.9 Å². The van der Waals surface area contributed by atoms with Crippen LogP contribution in [-0.4, -0.2) is 61.5 Å². The van der Waals surface area contributed by atoms with E-state index < -0.39 is 12.1 Å². The van der Waals surface area contributed by atoms with E-state index in [1.807, 2.05) is 53.4 Å². The SMILES string of the molecule is CCOC(Cc1ccc(OCCN(CCCCC2CCCCC2)C(=O)Nc2ccc(OC)cc2)cc1)C(=O)O. The van der Waals surface area contributed by atoms with Gasteiger partial charge in [-0.25, -0.2) is 9.59 Å². The fourth-order valence-electron chi connectivity index (χ4n) is 5.03. The third kappa shape index (κ3) is 10.8. The number of carbonyl (C=O) groups excluding carboxylic acids is 1. The average molecular weight is 541 g/mol. The van der Waals surface area contributed by atoms with Crippen LogP contribution in [0.15, 0.2) is 48.5 Å². The van der Waals surface area contributed by atoms with Gasteiger partial charge >= 0.3 is 12.0 Å². The summed E-state index contributed by atoms with van der Waals surface area (Å²) >= 11 is 0. The summed E-state index contributed by atoms with van der Waals surface area (Å²) in [5.41, 5.74) is 1.58. The van der Waals surface area contributed by atoms with Gasteiger partial charge < -0.3 is 29.5 Å². The van der Waals surface area contributed by atoms with Crippen molar-refractivity contribution in [1.82, 2.24) is 4.90 Å². The summed E-state index contributed by atoms with van der Waals surface area (Å²) in [5.74, 6) is 1.29. The van der Waals surface area contributed by atoms with Crippen LogP contribution in [0.25, 0.3) is 0 Å². The largest absolute Gasteiger partial charge is 0.497 e. The number of urea groups is 1. The number of carboxylic acids is 1. The number of unbranched alkanes of at least 4 members (excludes halogenated alkanes) is 1. The zero-order valence-electron chi connectivity index (χ0n) is 23.4. The number of carboxylic acid groups (broad SMARTS) is 1. The highest BCUT2D eigenvalue weighted by atomic mass is 16.5. The molecule has 2 aromatic carbocycles. The van der Waals surface area contributed by atoms with Crippen LogP contribution in [0.2, 0.25) is 0 Å². The first-order valence-corrected chi connectivity index (χ1v) is 14.2. The predicted molar refractivity (Wildman–Crippen MR) is 153 cm³/mol. The predicted octanol–water partition coefficient (Wildman–Crippen LogP) is 6.39. The lowest BCUT2D eigenvalue weighted by molar-refractivity contribution is -0.149. The minimum atomic E-state index is -0.969. The van der Waals surface area contributed by atoms with Crippen molar-refractivity contribution in [3.8, 4) is 11.5 Å². The Hall–Kier alpha value is -3.26. The Morgan fingerprint density at radius 3 is 2.31 bits per heavy atom. The Balaban J connectivity index is 1.51. The molecule has 0 aliphatic heterocycles. The van der Waals surface area contributed by atoms with Crippen LogP contribution in [0.3, 0.4) is 0 Å². The molecular weight excluding hydrogens is 496 g/mol. The van der Waals surface area contributed by atoms with Gasteiger partial charge in [0, 0.05) is 25.3 Å². The molecule has 1 saturated carbocycles. The summed E-state index contributed by atoms with van der Waals surface area (Å²) in [4.78, 5) is 26.3. The number of hydrogen-bond acceptors (Lipinski definition) is 5. The summed E-state index contributed by atoms with van der Waals surface area (Å²) in [6.45, 7) is 3.61. The van der Waals surface area contributed by atoms with Crippen molar-refractivity contribution in [1.29, 1.82) is 0 Å². The Kier molecular flexibility index (Phi) is 12.9. The number of amides is 2. The number of rotatable bonds is 16. The number of aliphatic carboxylic acids is 1. The molecule has 1 unspecified atom stereocenters. The Morgan fingerprint density at radius 1 is 0.974 bits per heavy atom. The summed E-state index contributed by atoms with van der Waals surface area (Å²) in [6, 6.07) is 14.5. The van der Waals surface area contributed by atoms with Gasteiger partial charge in [0.25, 0.3) is 0 Å². The second-order valence-electron chi connectivity index (χ2n) is 10.1. The highest BCUT2D eigenvalue weighted by Gasteiger charge is 2.18. The minimum absolute atomic E-state index is 0.146. The number of anilines is 1. The molecule has 1 aliphatic rings. The molecule has 2 amide bonds. The van der Waals surface area contributed by atoms with E-state index in [9.17, 15) is 14.7 Å². The van der Waals surface area contributed by atoms with E-state index in [1.54, 1.807) is 14.0 Å². The average Bonchev–Trinajstić information content (AvgIpc) is 2.95. The number of carbonyl (C=O) groups is 2. The summed E-state index contributed by atoms with van der Waals surface area (Å²) in [7, 11) is 1.61. The smallest absolute Gasteiger partial charge is 0.333 e. The molecule has 214 valence electrons. The van der Waals surface area contributed by atoms with Gasteiger partial charge in [-0.2, -0.15) is 0 Å². The van der Waals surface area contributed by atoms with Gasteiger partial charge in [-0.15, -0.1) is 0 Å². The van der Waals surface area contributed by atoms with Crippen molar-refractivity contribution < 1.29 is 28.9 Å². The lowest BCUT2D eigenvalue weighted by Gasteiger charge is -2.25. The molecule has 2 aromatic rings. The second kappa shape index (κ2) is 16.6. The maximum atomic E-state index is 13.1. The molecule has 39 heavy (non-hydrogen) atoms. The molecule has 3 rings (SSSR count). The lowest BCUT2D eigenvalue weighted by atomic mass is 9.86. The zero-order chi connectivity index (χ0) is 27.9. The number of benzene rings is 2. The molecule has 1 fully saturated rings. The first-order chi connectivity index (χ1) is 19.0. The van der Waals surface area contributed by atoms with Gasteiger partial charge in [0.15, 0.2) is 6.10 Å². The van der Waals surface area contributed by atoms with Crippen LogP contribution in [-0.2, 0) is 16.0 Å². The lowest BCUT2D eigenvalue weighted by Crippen LogP contribution is -2.38. The summed E-state index contributed by atoms with van der Waals surface area (Å²) in [6.07, 6.45) is 9.52. The molecule has 0 spiro atoms. The number of methoxy groups -OCH3 is 1. The number of ether oxygens (including phenoxy) is 3. The normalized spacial score (nSPS) is 14.4. The Labute approximate surface area is 232 Å². The molecule has 8 heteroatoms. The topological polar surface area (TPSA) is 97.3 Å². The maximum absolute atomic E-state index is 13.1. The number of nitrogens with zero attached hydrogens (tertiary/aromatic N) is 1. The van der Waals surface area contributed by atoms with Crippen molar-refractivity contribution in [2.75, 3.05) is 38.7 Å². The van der Waals surface area contributed by atoms with Crippen molar-refractivity contribution in [2.45, 2.75) is 70.8 Å². The van der Waals surface area contributed by atoms with E-state index in [0.717, 1.165) is 35.8 Å². The molecule has 0 heterocycles. The third-order valence-corrected chi connectivity index (χ3v) is 7.26. The third-order valence-electron chi connectivity index (χ3n) is 7.26. The van der Waals surface area contributed by atoms with Crippen molar-refractivity contribution >= 4 is 17.7 Å². The van der Waals surface area contributed by atoms with Gasteiger partial charge in [0.1, 0.15) is 18.1 Å².